The van der Waals surface area contributed by atoms with Gasteiger partial charge in [-0.15, -0.1) is 0 Å². The second-order valence-electron chi connectivity index (χ2n) is 8.98. The first-order valence-corrected chi connectivity index (χ1v) is 11.1. The fraction of sp³-hybridized carbons (Fsp3) is 0.385. The Hall–Kier alpha value is -3.08. The number of aromatic nitrogens is 1. The molecule has 2 N–H and O–H groups in total. The Morgan fingerprint density at radius 2 is 1.94 bits per heavy atom. The van der Waals surface area contributed by atoms with Crippen LogP contribution in [0.15, 0.2) is 42.6 Å². The number of hydrogen-bond acceptors (Lipinski definition) is 2. The number of ether oxygens (including phenoxy) is 1. The van der Waals surface area contributed by atoms with Crippen LogP contribution in [-0.2, 0) is 6.54 Å². The third kappa shape index (κ3) is 3.73. The zero-order valence-electron chi connectivity index (χ0n) is 18.1. The van der Waals surface area contributed by atoms with Crippen LogP contribution in [0.3, 0.4) is 0 Å². The molecule has 1 aliphatic heterocycles. The minimum absolute atomic E-state index is 0.333. The molecule has 1 saturated carbocycles. The van der Waals surface area contributed by atoms with Crippen molar-refractivity contribution in [1.29, 1.82) is 0 Å². The number of methoxy groups -OCH3 is 1. The highest BCUT2D eigenvalue weighted by molar-refractivity contribution is 5.98. The molecule has 1 aliphatic carbocycles. The van der Waals surface area contributed by atoms with Crippen LogP contribution in [-0.4, -0.2) is 40.0 Å². The first-order chi connectivity index (χ1) is 15.0. The number of fused-ring (bicyclic) bond motifs is 1. The molecule has 1 fully saturated rings. The monoisotopic (exact) mass is 417 g/mol. The Labute approximate surface area is 182 Å². The molecule has 5 heteroatoms. The molecule has 0 saturated heterocycles. The van der Waals surface area contributed by atoms with Gasteiger partial charge in [0.25, 0.3) is 0 Å². The lowest BCUT2D eigenvalue weighted by Gasteiger charge is -2.24. The summed E-state index contributed by atoms with van der Waals surface area (Å²) in [6, 6.07) is 11.6. The number of nitrogens with zero attached hydrogens (tertiary/aromatic N) is 1. The van der Waals surface area contributed by atoms with Crippen LogP contribution in [0.1, 0.15) is 52.7 Å². The molecule has 31 heavy (non-hydrogen) atoms. The quantitative estimate of drug-likeness (QED) is 0.555. The Morgan fingerprint density at radius 1 is 1.16 bits per heavy atom. The van der Waals surface area contributed by atoms with Gasteiger partial charge in [0.1, 0.15) is 12.3 Å². The highest BCUT2D eigenvalue weighted by Gasteiger charge is 2.38. The normalized spacial score (nSPS) is 19.1. The number of benzene rings is 2. The van der Waals surface area contributed by atoms with Crippen LogP contribution in [0.25, 0.3) is 10.9 Å². The summed E-state index contributed by atoms with van der Waals surface area (Å²) >= 11 is 0. The van der Waals surface area contributed by atoms with Gasteiger partial charge in [-0.3, -0.25) is 0 Å². The molecule has 160 valence electrons. The predicted molar refractivity (Wildman–Crippen MR) is 121 cm³/mol. The maximum atomic E-state index is 11.3. The lowest BCUT2D eigenvalue weighted by Crippen LogP contribution is -2.32. The molecule has 1 atom stereocenters. The molecule has 0 spiro atoms. The maximum absolute atomic E-state index is 11.3. The number of rotatable bonds is 6. The molecule has 2 aromatic carbocycles. The largest absolute Gasteiger partial charge is 0.496 e. The summed E-state index contributed by atoms with van der Waals surface area (Å²) in [5.41, 5.74) is 6.34. The van der Waals surface area contributed by atoms with Gasteiger partial charge in [-0.25, -0.2) is 9.37 Å². The average molecular weight is 418 g/mol. The van der Waals surface area contributed by atoms with E-state index in [2.05, 4.69) is 28.6 Å². The van der Waals surface area contributed by atoms with Crippen molar-refractivity contribution >= 4 is 22.6 Å². The number of hydrogen-bond donors (Lipinski definition) is 2. The van der Waals surface area contributed by atoms with Crippen LogP contribution < -0.4 is 4.74 Å². The summed E-state index contributed by atoms with van der Waals surface area (Å²) < 4.78 is 8.26. The van der Waals surface area contributed by atoms with Gasteiger partial charge in [0.2, 0.25) is 0 Å². The van der Waals surface area contributed by atoms with Gasteiger partial charge in [0.15, 0.2) is 12.3 Å². The van der Waals surface area contributed by atoms with Gasteiger partial charge < -0.3 is 14.8 Å². The maximum Gasteiger partial charge on any atom is 0.335 e. The fourth-order valence-corrected chi connectivity index (χ4v) is 5.16. The Kier molecular flexibility index (Phi) is 5.05. The highest BCUT2D eigenvalue weighted by atomic mass is 16.5. The summed E-state index contributed by atoms with van der Waals surface area (Å²) in [4.78, 5) is 14.7. The fourth-order valence-electron chi connectivity index (χ4n) is 5.16. The van der Waals surface area contributed by atoms with E-state index in [0.717, 1.165) is 48.2 Å². The molecular formula is C26H29N2O3+. The lowest BCUT2D eigenvalue weighted by molar-refractivity contribution is -0.550. The SMILES string of the molecule is COc1cc(C)c2[nH]ccc2c1C[N+]1=C(c2ccc(C(=O)O)cc2)CC(C2CC2)CC1. The molecule has 2 heterocycles. The molecular weight excluding hydrogens is 388 g/mol. The molecule has 1 unspecified atom stereocenters. The first kappa shape index (κ1) is 19.9. The third-order valence-corrected chi connectivity index (χ3v) is 7.04. The van der Waals surface area contributed by atoms with E-state index in [-0.39, 0.29) is 0 Å². The van der Waals surface area contributed by atoms with Gasteiger partial charge in [0, 0.05) is 35.5 Å². The van der Waals surface area contributed by atoms with Crippen LogP contribution in [0, 0.1) is 18.8 Å². The van der Waals surface area contributed by atoms with Crippen molar-refractivity contribution in [2.75, 3.05) is 13.7 Å². The summed E-state index contributed by atoms with van der Waals surface area (Å²) in [7, 11) is 1.74. The summed E-state index contributed by atoms with van der Waals surface area (Å²) in [5.74, 6) is 1.64. The van der Waals surface area contributed by atoms with Crippen molar-refractivity contribution in [2.45, 2.75) is 39.2 Å². The van der Waals surface area contributed by atoms with E-state index in [1.165, 1.54) is 41.5 Å². The standard InChI is InChI=1S/C26H28N2O3/c1-16-13-24(31-2)22(21-9-11-27-25(16)21)15-28-12-10-20(17-3-4-17)14-23(28)18-5-7-19(8-6-18)26(29)30/h5-9,11,13,17,20,27H,3-4,10,12,14-15H2,1-2H3/p+1. The van der Waals surface area contributed by atoms with Gasteiger partial charge in [-0.1, -0.05) is 0 Å². The van der Waals surface area contributed by atoms with E-state index in [1.807, 2.05) is 18.3 Å². The van der Waals surface area contributed by atoms with E-state index >= 15 is 0 Å². The second-order valence-corrected chi connectivity index (χ2v) is 8.98. The number of nitrogens with one attached hydrogen (secondary N) is 1. The summed E-state index contributed by atoms with van der Waals surface area (Å²) in [6.45, 7) is 3.90. The number of aromatic amines is 1. The number of carboxylic acid groups (broad SMARTS) is 1. The van der Waals surface area contributed by atoms with Crippen molar-refractivity contribution < 1.29 is 19.2 Å². The molecule has 5 rings (SSSR count). The molecule has 0 bridgehead atoms. The molecule has 5 nitrogen and oxygen atoms in total. The third-order valence-electron chi connectivity index (χ3n) is 7.04. The van der Waals surface area contributed by atoms with Crippen molar-refractivity contribution in [3.63, 3.8) is 0 Å². The van der Waals surface area contributed by atoms with Gasteiger partial charge in [-0.05, 0) is 73.6 Å². The smallest absolute Gasteiger partial charge is 0.335 e. The van der Waals surface area contributed by atoms with Gasteiger partial charge >= 0.3 is 5.97 Å². The molecule has 0 amide bonds. The Morgan fingerprint density at radius 3 is 2.61 bits per heavy atom. The number of aryl methyl sites for hydroxylation is 1. The Balaban J connectivity index is 1.58. The van der Waals surface area contributed by atoms with Crippen LogP contribution in [0.4, 0.5) is 0 Å². The zero-order chi connectivity index (χ0) is 21.5. The van der Waals surface area contributed by atoms with E-state index in [1.54, 1.807) is 19.2 Å². The van der Waals surface area contributed by atoms with E-state index < -0.39 is 5.97 Å². The minimum atomic E-state index is -0.882. The van der Waals surface area contributed by atoms with E-state index in [9.17, 15) is 9.90 Å². The number of carboxylic acids is 1. The van der Waals surface area contributed by atoms with Crippen LogP contribution >= 0.6 is 0 Å². The Bertz CT molecular complexity index is 1170. The van der Waals surface area contributed by atoms with E-state index in [0.29, 0.717) is 5.56 Å². The van der Waals surface area contributed by atoms with Crippen LogP contribution in [0.2, 0.25) is 0 Å². The van der Waals surface area contributed by atoms with Gasteiger partial charge in [-0.2, -0.15) is 0 Å². The van der Waals surface area contributed by atoms with Crippen molar-refractivity contribution in [2.24, 2.45) is 11.8 Å². The molecule has 2 aliphatic rings. The van der Waals surface area contributed by atoms with Crippen LogP contribution in [0.5, 0.6) is 5.75 Å². The minimum Gasteiger partial charge on any atom is -0.496 e. The number of aromatic carboxylic acids is 1. The number of carbonyl (C=O) groups is 1. The molecule has 3 aromatic rings. The van der Waals surface area contributed by atoms with Crippen molar-refractivity contribution in [1.82, 2.24) is 4.98 Å². The first-order valence-electron chi connectivity index (χ1n) is 11.1. The average Bonchev–Trinajstić information content (AvgIpc) is 3.51. The van der Waals surface area contributed by atoms with Crippen molar-refractivity contribution in [3.8, 4) is 5.75 Å². The van der Waals surface area contributed by atoms with E-state index in [4.69, 9.17) is 4.74 Å². The second kappa shape index (κ2) is 7.88. The number of H-pyrrole nitrogens is 1. The topological polar surface area (TPSA) is 65.3 Å². The zero-order valence-corrected chi connectivity index (χ0v) is 18.1. The van der Waals surface area contributed by atoms with Crippen molar-refractivity contribution in [3.05, 3.63) is 64.8 Å². The van der Waals surface area contributed by atoms with Gasteiger partial charge in [0.05, 0.1) is 18.2 Å². The highest BCUT2D eigenvalue weighted by Crippen LogP contribution is 2.42. The lowest BCUT2D eigenvalue weighted by atomic mass is 9.87. The molecule has 0 radical (unpaired) electrons. The summed E-state index contributed by atoms with van der Waals surface area (Å²) in [6.07, 6.45) is 6.97. The predicted octanol–water partition coefficient (Wildman–Crippen LogP) is 5.00. The molecule has 1 aromatic heterocycles. The summed E-state index contributed by atoms with van der Waals surface area (Å²) in [5, 5.41) is 10.5.